The van der Waals surface area contributed by atoms with Gasteiger partial charge in [0, 0.05) is 19.5 Å². The van der Waals surface area contributed by atoms with Gasteiger partial charge in [0.2, 0.25) is 5.91 Å². The van der Waals surface area contributed by atoms with E-state index < -0.39 is 5.97 Å². The highest BCUT2D eigenvalue weighted by molar-refractivity contribution is 6.05. The first-order valence-electron chi connectivity index (χ1n) is 9.54. The zero-order valence-corrected chi connectivity index (χ0v) is 16.3. The number of hydrogen-bond acceptors (Lipinski definition) is 4. The standard InChI is InChI=1S/C22H24N2O5/c1-24(22(28)16-8-9-16)19-5-3-2-4-18(19)21(27)23-13-12-15-6-10-17(11-7-15)29-14-20(25)26/h2-7,10-11,16H,8-9,12-14H2,1H3,(H,23,27)(H,25,26). The summed E-state index contributed by atoms with van der Waals surface area (Å²) in [6.45, 7) is 0.0509. The molecule has 0 heterocycles. The van der Waals surface area contributed by atoms with Gasteiger partial charge in [0.05, 0.1) is 11.3 Å². The molecule has 7 nitrogen and oxygen atoms in total. The molecule has 0 atom stereocenters. The number of hydrogen-bond donors (Lipinski definition) is 2. The first-order chi connectivity index (χ1) is 14.0. The molecule has 2 aromatic rings. The Morgan fingerprint density at radius 3 is 2.45 bits per heavy atom. The van der Waals surface area contributed by atoms with Crippen molar-refractivity contribution in [3.63, 3.8) is 0 Å². The largest absolute Gasteiger partial charge is 0.482 e. The van der Waals surface area contributed by atoms with Gasteiger partial charge in [-0.15, -0.1) is 0 Å². The molecule has 7 heteroatoms. The van der Waals surface area contributed by atoms with Crippen molar-refractivity contribution in [3.05, 3.63) is 59.7 Å². The second-order valence-electron chi connectivity index (χ2n) is 7.02. The van der Waals surface area contributed by atoms with Crippen molar-refractivity contribution < 1.29 is 24.2 Å². The fourth-order valence-corrected chi connectivity index (χ4v) is 2.99. The summed E-state index contributed by atoms with van der Waals surface area (Å²) >= 11 is 0. The Balaban J connectivity index is 1.54. The van der Waals surface area contributed by atoms with E-state index in [1.165, 1.54) is 0 Å². The number of carbonyl (C=O) groups excluding carboxylic acids is 2. The molecule has 0 aromatic heterocycles. The van der Waals surface area contributed by atoms with Crippen LogP contribution in [0.3, 0.4) is 0 Å². The van der Waals surface area contributed by atoms with Gasteiger partial charge in [-0.05, 0) is 49.1 Å². The highest BCUT2D eigenvalue weighted by atomic mass is 16.5. The third-order valence-corrected chi connectivity index (χ3v) is 4.75. The van der Waals surface area contributed by atoms with Crippen LogP contribution in [0.15, 0.2) is 48.5 Å². The van der Waals surface area contributed by atoms with Gasteiger partial charge in [-0.3, -0.25) is 9.59 Å². The summed E-state index contributed by atoms with van der Waals surface area (Å²) in [6.07, 6.45) is 2.44. The van der Waals surface area contributed by atoms with Gasteiger partial charge < -0.3 is 20.1 Å². The van der Waals surface area contributed by atoms with Gasteiger partial charge in [-0.1, -0.05) is 24.3 Å². The molecule has 1 saturated carbocycles. The predicted octanol–water partition coefficient (Wildman–Crippen LogP) is 2.50. The molecular weight excluding hydrogens is 372 g/mol. The average molecular weight is 396 g/mol. The summed E-state index contributed by atoms with van der Waals surface area (Å²) in [4.78, 5) is 37.1. The first kappa shape index (κ1) is 20.4. The predicted molar refractivity (Wildman–Crippen MR) is 108 cm³/mol. The lowest BCUT2D eigenvalue weighted by Gasteiger charge is -2.20. The minimum Gasteiger partial charge on any atom is -0.482 e. The summed E-state index contributed by atoms with van der Waals surface area (Å²) in [5, 5.41) is 11.5. The van der Waals surface area contributed by atoms with Gasteiger partial charge in [0.1, 0.15) is 5.75 Å². The van der Waals surface area contributed by atoms with E-state index in [0.717, 1.165) is 18.4 Å². The van der Waals surface area contributed by atoms with E-state index in [1.54, 1.807) is 42.3 Å². The number of nitrogens with zero attached hydrogens (tertiary/aromatic N) is 1. The zero-order valence-electron chi connectivity index (χ0n) is 16.3. The number of carbonyl (C=O) groups is 3. The molecule has 0 bridgehead atoms. The maximum Gasteiger partial charge on any atom is 0.341 e. The molecule has 0 radical (unpaired) electrons. The number of nitrogens with one attached hydrogen (secondary N) is 1. The van der Waals surface area contributed by atoms with Crippen molar-refractivity contribution in [2.75, 3.05) is 25.1 Å². The summed E-state index contributed by atoms with van der Waals surface area (Å²) in [6, 6.07) is 14.2. The average Bonchev–Trinajstić information content (AvgIpc) is 3.57. The van der Waals surface area contributed by atoms with Crippen molar-refractivity contribution in [1.82, 2.24) is 5.32 Å². The van der Waals surface area contributed by atoms with Crippen molar-refractivity contribution in [3.8, 4) is 5.75 Å². The van der Waals surface area contributed by atoms with Crippen molar-refractivity contribution in [2.24, 2.45) is 5.92 Å². The molecule has 2 aromatic carbocycles. The Morgan fingerprint density at radius 2 is 1.79 bits per heavy atom. The van der Waals surface area contributed by atoms with Crippen LogP contribution in [0.2, 0.25) is 0 Å². The monoisotopic (exact) mass is 396 g/mol. The second kappa shape index (κ2) is 9.23. The molecule has 1 aliphatic carbocycles. The van der Waals surface area contributed by atoms with Crippen LogP contribution in [-0.2, 0) is 16.0 Å². The van der Waals surface area contributed by atoms with Crippen LogP contribution in [0, 0.1) is 5.92 Å². The molecular formula is C22H24N2O5. The minimum absolute atomic E-state index is 0.0513. The van der Waals surface area contributed by atoms with Crippen LogP contribution < -0.4 is 15.0 Å². The fraction of sp³-hybridized carbons (Fsp3) is 0.318. The van der Waals surface area contributed by atoms with Gasteiger partial charge in [0.25, 0.3) is 5.91 Å². The maximum atomic E-state index is 12.6. The molecule has 0 unspecified atom stereocenters. The number of carboxylic acid groups (broad SMARTS) is 1. The molecule has 152 valence electrons. The topological polar surface area (TPSA) is 95.9 Å². The van der Waals surface area contributed by atoms with E-state index in [2.05, 4.69) is 5.32 Å². The number of anilines is 1. The molecule has 29 heavy (non-hydrogen) atoms. The maximum absolute atomic E-state index is 12.6. The molecule has 1 fully saturated rings. The Bertz CT molecular complexity index is 890. The molecule has 1 aliphatic rings. The lowest BCUT2D eigenvalue weighted by atomic mass is 10.1. The van der Waals surface area contributed by atoms with Crippen LogP contribution in [0.1, 0.15) is 28.8 Å². The molecule has 0 spiro atoms. The van der Waals surface area contributed by atoms with Gasteiger partial charge in [0.15, 0.2) is 6.61 Å². The smallest absolute Gasteiger partial charge is 0.341 e. The summed E-state index contributed by atoms with van der Waals surface area (Å²) in [7, 11) is 1.71. The zero-order chi connectivity index (χ0) is 20.8. The Labute approximate surface area is 169 Å². The van der Waals surface area contributed by atoms with E-state index in [4.69, 9.17) is 9.84 Å². The van der Waals surface area contributed by atoms with Crippen LogP contribution in [0.25, 0.3) is 0 Å². The molecule has 2 amide bonds. The number of para-hydroxylation sites is 1. The minimum atomic E-state index is -1.03. The summed E-state index contributed by atoms with van der Waals surface area (Å²) in [5.74, 6) is -0.634. The Kier molecular flexibility index (Phi) is 6.49. The highest BCUT2D eigenvalue weighted by Crippen LogP contribution is 2.33. The van der Waals surface area contributed by atoms with Crippen molar-refractivity contribution in [1.29, 1.82) is 0 Å². The van der Waals surface area contributed by atoms with E-state index in [0.29, 0.717) is 30.0 Å². The first-order valence-corrected chi connectivity index (χ1v) is 9.54. The quantitative estimate of drug-likeness (QED) is 0.679. The van der Waals surface area contributed by atoms with E-state index in [1.807, 2.05) is 18.2 Å². The highest BCUT2D eigenvalue weighted by Gasteiger charge is 2.33. The number of benzene rings is 2. The Hall–Kier alpha value is -3.35. The SMILES string of the molecule is CN(C(=O)C1CC1)c1ccccc1C(=O)NCCc1ccc(OCC(=O)O)cc1. The van der Waals surface area contributed by atoms with Gasteiger partial charge in [-0.25, -0.2) is 4.79 Å². The molecule has 0 saturated heterocycles. The van der Waals surface area contributed by atoms with Crippen LogP contribution in [0.5, 0.6) is 5.75 Å². The molecule has 2 N–H and O–H groups in total. The van der Waals surface area contributed by atoms with E-state index >= 15 is 0 Å². The van der Waals surface area contributed by atoms with Gasteiger partial charge in [-0.2, -0.15) is 0 Å². The number of rotatable bonds is 9. The van der Waals surface area contributed by atoms with Crippen LogP contribution in [-0.4, -0.2) is 43.1 Å². The second-order valence-corrected chi connectivity index (χ2v) is 7.02. The third-order valence-electron chi connectivity index (χ3n) is 4.75. The number of aliphatic carboxylic acids is 1. The third kappa shape index (κ3) is 5.57. The Morgan fingerprint density at radius 1 is 1.10 bits per heavy atom. The van der Waals surface area contributed by atoms with Crippen molar-refractivity contribution in [2.45, 2.75) is 19.3 Å². The van der Waals surface area contributed by atoms with E-state index in [9.17, 15) is 14.4 Å². The summed E-state index contributed by atoms with van der Waals surface area (Å²) in [5.41, 5.74) is 2.07. The van der Waals surface area contributed by atoms with Crippen molar-refractivity contribution >= 4 is 23.5 Å². The van der Waals surface area contributed by atoms with E-state index in [-0.39, 0.29) is 24.3 Å². The van der Waals surface area contributed by atoms with Crippen LogP contribution in [0.4, 0.5) is 5.69 Å². The molecule has 3 rings (SSSR count). The fourth-order valence-electron chi connectivity index (χ4n) is 2.99. The number of amides is 2. The van der Waals surface area contributed by atoms with Crippen LogP contribution >= 0.6 is 0 Å². The number of ether oxygens (including phenoxy) is 1. The lowest BCUT2D eigenvalue weighted by Crippen LogP contribution is -2.32. The lowest BCUT2D eigenvalue weighted by molar-refractivity contribution is -0.139. The van der Waals surface area contributed by atoms with Gasteiger partial charge >= 0.3 is 5.97 Å². The summed E-state index contributed by atoms with van der Waals surface area (Å²) < 4.78 is 5.10. The molecule has 0 aliphatic heterocycles. The normalized spacial score (nSPS) is 12.9. The number of carboxylic acids is 1.